The lowest BCUT2D eigenvalue weighted by Gasteiger charge is -2.26. The van der Waals surface area contributed by atoms with E-state index in [1.54, 1.807) is 5.56 Å². The second kappa shape index (κ2) is 4.96. The number of nitrogens with two attached hydrogens (primary N) is 1. The van der Waals surface area contributed by atoms with Crippen LogP contribution in [0.4, 0.5) is 5.69 Å². The molecule has 106 valence electrons. The van der Waals surface area contributed by atoms with Crippen molar-refractivity contribution in [3.63, 3.8) is 0 Å². The van der Waals surface area contributed by atoms with E-state index in [9.17, 15) is 0 Å². The highest BCUT2D eigenvalue weighted by Crippen LogP contribution is 2.33. The number of aryl methyl sites for hydroxylation is 1. The Morgan fingerprint density at radius 2 is 2.00 bits per heavy atom. The molecule has 1 heterocycles. The zero-order valence-electron chi connectivity index (χ0n) is 12.1. The van der Waals surface area contributed by atoms with Crippen molar-refractivity contribution in [2.45, 2.75) is 31.7 Å². The summed E-state index contributed by atoms with van der Waals surface area (Å²) in [4.78, 5) is 0. The van der Waals surface area contributed by atoms with E-state index in [-0.39, 0.29) is 0 Å². The number of hydrogen-bond acceptors (Lipinski definition) is 1. The molecule has 3 aromatic rings. The van der Waals surface area contributed by atoms with Gasteiger partial charge in [0.25, 0.3) is 0 Å². The van der Waals surface area contributed by atoms with Gasteiger partial charge >= 0.3 is 0 Å². The van der Waals surface area contributed by atoms with E-state index < -0.39 is 0 Å². The van der Waals surface area contributed by atoms with Crippen LogP contribution in [-0.2, 0) is 13.0 Å². The fourth-order valence-corrected chi connectivity index (χ4v) is 3.66. The van der Waals surface area contributed by atoms with Crippen LogP contribution in [0.2, 0.25) is 0 Å². The summed E-state index contributed by atoms with van der Waals surface area (Å²) >= 11 is 0. The lowest BCUT2D eigenvalue weighted by molar-refractivity contribution is 0.490. The van der Waals surface area contributed by atoms with Crippen molar-refractivity contribution in [1.29, 1.82) is 0 Å². The summed E-state index contributed by atoms with van der Waals surface area (Å²) in [6, 6.07) is 17.3. The molecule has 2 heteroatoms. The van der Waals surface area contributed by atoms with Crippen molar-refractivity contribution >= 4 is 16.6 Å². The van der Waals surface area contributed by atoms with Crippen LogP contribution in [-0.4, -0.2) is 4.57 Å². The van der Waals surface area contributed by atoms with Crippen LogP contribution < -0.4 is 5.73 Å². The molecule has 0 saturated carbocycles. The molecule has 2 nitrogen and oxygen atoms in total. The Bertz CT molecular complexity index is 785. The molecule has 0 fully saturated rings. The third-order valence-electron chi connectivity index (χ3n) is 4.71. The fourth-order valence-electron chi connectivity index (χ4n) is 3.66. The summed E-state index contributed by atoms with van der Waals surface area (Å²) in [6.07, 6.45) is 6.01. The number of nitrogens with zero attached hydrogens (tertiary/aromatic N) is 1. The molecule has 2 N–H and O–H groups in total. The molecule has 1 atom stereocenters. The Balaban J connectivity index is 1.70. The van der Waals surface area contributed by atoms with Crippen molar-refractivity contribution in [2.75, 3.05) is 5.73 Å². The van der Waals surface area contributed by atoms with Crippen LogP contribution in [0.25, 0.3) is 10.9 Å². The fraction of sp³-hybridized carbons (Fsp3) is 0.263. The first-order valence-corrected chi connectivity index (χ1v) is 7.73. The first-order valence-electron chi connectivity index (χ1n) is 7.73. The zero-order chi connectivity index (χ0) is 14.2. The van der Waals surface area contributed by atoms with Crippen LogP contribution in [0.5, 0.6) is 0 Å². The van der Waals surface area contributed by atoms with Crippen molar-refractivity contribution in [1.82, 2.24) is 4.57 Å². The normalized spacial score (nSPS) is 17.8. The summed E-state index contributed by atoms with van der Waals surface area (Å²) < 4.78 is 2.38. The van der Waals surface area contributed by atoms with Gasteiger partial charge in [0.05, 0.1) is 0 Å². The summed E-state index contributed by atoms with van der Waals surface area (Å²) in [5.74, 6) is 0.628. The quantitative estimate of drug-likeness (QED) is 0.693. The van der Waals surface area contributed by atoms with E-state index in [1.165, 1.54) is 35.7 Å². The highest BCUT2D eigenvalue weighted by atomic mass is 15.0. The second-order valence-corrected chi connectivity index (χ2v) is 6.07. The van der Waals surface area contributed by atoms with Gasteiger partial charge in [-0.15, -0.1) is 0 Å². The van der Waals surface area contributed by atoms with Crippen LogP contribution in [0.1, 0.15) is 29.9 Å². The van der Waals surface area contributed by atoms with Crippen LogP contribution >= 0.6 is 0 Å². The molecule has 0 bridgehead atoms. The lowest BCUT2D eigenvalue weighted by Crippen LogP contribution is -2.15. The smallest absolute Gasteiger partial charge is 0.0481 e. The zero-order valence-corrected chi connectivity index (χ0v) is 12.1. The molecule has 0 spiro atoms. The average Bonchev–Trinajstić information content (AvgIpc) is 2.90. The van der Waals surface area contributed by atoms with Gasteiger partial charge in [-0.05, 0) is 54.7 Å². The molecule has 1 aliphatic rings. The number of fused-ring (bicyclic) bond motifs is 2. The van der Waals surface area contributed by atoms with Gasteiger partial charge in [-0.3, -0.25) is 0 Å². The maximum absolute atomic E-state index is 5.87. The maximum atomic E-state index is 5.87. The molecule has 0 saturated heterocycles. The van der Waals surface area contributed by atoms with E-state index in [4.69, 9.17) is 5.73 Å². The Kier molecular flexibility index (Phi) is 2.95. The number of nitrogen functional groups attached to an aromatic ring is 1. The van der Waals surface area contributed by atoms with Gasteiger partial charge < -0.3 is 10.3 Å². The highest BCUT2D eigenvalue weighted by Gasteiger charge is 2.20. The van der Waals surface area contributed by atoms with Gasteiger partial charge in [0.2, 0.25) is 0 Å². The van der Waals surface area contributed by atoms with Crippen molar-refractivity contribution in [3.05, 3.63) is 65.9 Å². The molecule has 4 rings (SSSR count). The minimum atomic E-state index is 0.628. The Hall–Kier alpha value is -2.22. The van der Waals surface area contributed by atoms with Crippen LogP contribution in [0, 0.1) is 0 Å². The monoisotopic (exact) mass is 276 g/mol. The molecule has 1 unspecified atom stereocenters. The van der Waals surface area contributed by atoms with Crippen molar-refractivity contribution in [3.8, 4) is 0 Å². The predicted octanol–water partition coefficient (Wildman–Crippen LogP) is 4.34. The molecule has 0 amide bonds. The number of rotatable bonds is 2. The van der Waals surface area contributed by atoms with E-state index in [2.05, 4.69) is 53.2 Å². The Morgan fingerprint density at radius 3 is 2.95 bits per heavy atom. The summed E-state index contributed by atoms with van der Waals surface area (Å²) in [6.45, 7) is 1.06. The molecule has 0 aliphatic heterocycles. The summed E-state index contributed by atoms with van der Waals surface area (Å²) in [7, 11) is 0. The molecule has 21 heavy (non-hydrogen) atoms. The second-order valence-electron chi connectivity index (χ2n) is 6.07. The third-order valence-corrected chi connectivity index (χ3v) is 4.71. The van der Waals surface area contributed by atoms with Crippen molar-refractivity contribution < 1.29 is 0 Å². The first-order chi connectivity index (χ1) is 10.3. The van der Waals surface area contributed by atoms with Crippen LogP contribution in [0.15, 0.2) is 54.7 Å². The number of aromatic nitrogens is 1. The molecule has 0 radical (unpaired) electrons. The number of anilines is 1. The van der Waals surface area contributed by atoms with Gasteiger partial charge in [0.1, 0.15) is 0 Å². The largest absolute Gasteiger partial charge is 0.399 e. The average molecular weight is 276 g/mol. The van der Waals surface area contributed by atoms with Crippen LogP contribution in [0.3, 0.4) is 0 Å². The molecule has 1 aromatic heterocycles. The summed E-state index contributed by atoms with van der Waals surface area (Å²) in [5, 5.41) is 1.24. The standard InChI is InChI=1S/C19H20N2/c20-17-8-9-19-15(12-17)10-11-21(19)13-16-6-3-5-14-4-1-2-7-18(14)16/h1-2,4,7-12,16H,3,5-6,13,20H2. The molecule has 1 aliphatic carbocycles. The molecular weight excluding hydrogens is 256 g/mol. The number of benzene rings is 2. The van der Waals surface area contributed by atoms with E-state index in [1.807, 2.05) is 6.07 Å². The van der Waals surface area contributed by atoms with Gasteiger partial charge in [-0.25, -0.2) is 0 Å². The summed E-state index contributed by atoms with van der Waals surface area (Å²) in [5.41, 5.74) is 11.1. The molecular formula is C19H20N2. The van der Waals surface area contributed by atoms with E-state index >= 15 is 0 Å². The van der Waals surface area contributed by atoms with Gasteiger partial charge in [-0.2, -0.15) is 0 Å². The maximum Gasteiger partial charge on any atom is 0.0481 e. The lowest BCUT2D eigenvalue weighted by atomic mass is 9.83. The topological polar surface area (TPSA) is 30.9 Å². The third kappa shape index (κ3) is 2.21. The van der Waals surface area contributed by atoms with Gasteiger partial charge in [0, 0.05) is 35.2 Å². The minimum Gasteiger partial charge on any atom is -0.399 e. The van der Waals surface area contributed by atoms with E-state index in [0.717, 1.165) is 12.2 Å². The van der Waals surface area contributed by atoms with Gasteiger partial charge in [-0.1, -0.05) is 24.3 Å². The number of hydrogen-bond donors (Lipinski definition) is 1. The molecule has 2 aromatic carbocycles. The Labute approximate surface area is 125 Å². The predicted molar refractivity (Wildman–Crippen MR) is 88.5 cm³/mol. The first kappa shape index (κ1) is 12.5. The van der Waals surface area contributed by atoms with Gasteiger partial charge in [0.15, 0.2) is 0 Å². The SMILES string of the molecule is Nc1ccc2c(ccn2CC2CCCc3ccccc32)c1. The van der Waals surface area contributed by atoms with E-state index in [0.29, 0.717) is 5.92 Å². The minimum absolute atomic E-state index is 0.628. The van der Waals surface area contributed by atoms with Crippen molar-refractivity contribution in [2.24, 2.45) is 0 Å². The highest BCUT2D eigenvalue weighted by molar-refractivity contribution is 5.83. The Morgan fingerprint density at radius 1 is 1.10 bits per heavy atom.